The highest BCUT2D eigenvalue weighted by atomic mass is 16.6. The Labute approximate surface area is 173 Å². The molecule has 2 N–H and O–H groups in total. The van der Waals surface area contributed by atoms with E-state index >= 15 is 0 Å². The molecular formula is C22H31N3O4. The van der Waals surface area contributed by atoms with Gasteiger partial charge in [0, 0.05) is 18.2 Å². The maximum absolute atomic E-state index is 13.0. The second-order valence-corrected chi connectivity index (χ2v) is 8.73. The van der Waals surface area contributed by atoms with Crippen molar-refractivity contribution < 1.29 is 19.1 Å². The van der Waals surface area contributed by atoms with E-state index in [1.807, 2.05) is 20.8 Å². The van der Waals surface area contributed by atoms with Crippen LogP contribution in [0.5, 0.6) is 0 Å². The zero-order valence-corrected chi connectivity index (χ0v) is 18.3. The average molecular weight is 402 g/mol. The Kier molecular flexibility index (Phi) is 7.84. The fraction of sp³-hybridized carbons (Fsp3) is 0.500. The van der Waals surface area contributed by atoms with E-state index in [4.69, 9.17) is 11.2 Å². The van der Waals surface area contributed by atoms with Crippen LogP contribution in [0.15, 0.2) is 24.3 Å². The molecule has 7 nitrogen and oxygen atoms in total. The van der Waals surface area contributed by atoms with Crippen molar-refractivity contribution in [2.75, 3.05) is 13.6 Å². The van der Waals surface area contributed by atoms with Crippen LogP contribution in [0.1, 0.15) is 58.7 Å². The standard InChI is InChI=1S/C22H31N3O4/c1-9-15-12-10-11-13-16(15)18(19(27)24-21(2,3)4)25(8)17(26)14-23-20(28)29-22(5,6)7/h1,10-13,18H,14H2,2-8H3,(H,23,28)(H,24,27). The summed E-state index contributed by atoms with van der Waals surface area (Å²) in [7, 11) is 1.50. The summed E-state index contributed by atoms with van der Waals surface area (Å²) in [6.45, 7) is 10.4. The molecule has 0 bridgehead atoms. The SMILES string of the molecule is C#Cc1ccccc1C(C(=O)NC(C)(C)C)N(C)C(=O)CNC(=O)OC(C)(C)C. The molecule has 0 radical (unpaired) electrons. The molecule has 0 aliphatic carbocycles. The average Bonchev–Trinajstić information content (AvgIpc) is 2.57. The molecule has 158 valence electrons. The summed E-state index contributed by atoms with van der Waals surface area (Å²) in [5.74, 6) is 1.73. The molecule has 1 aromatic rings. The van der Waals surface area contributed by atoms with Crippen LogP contribution in [0.3, 0.4) is 0 Å². The van der Waals surface area contributed by atoms with Crippen LogP contribution >= 0.6 is 0 Å². The number of rotatable bonds is 5. The third kappa shape index (κ3) is 7.86. The van der Waals surface area contributed by atoms with Gasteiger partial charge in [0.15, 0.2) is 0 Å². The number of carbonyl (C=O) groups is 3. The number of hydrogen-bond donors (Lipinski definition) is 2. The van der Waals surface area contributed by atoms with Crippen molar-refractivity contribution in [2.24, 2.45) is 0 Å². The third-order valence-corrected chi connectivity index (χ3v) is 3.72. The summed E-state index contributed by atoms with van der Waals surface area (Å²) in [5.41, 5.74) is -0.134. The van der Waals surface area contributed by atoms with E-state index in [0.717, 1.165) is 0 Å². The Bertz CT molecular complexity index is 798. The van der Waals surface area contributed by atoms with E-state index in [-0.39, 0.29) is 12.5 Å². The minimum Gasteiger partial charge on any atom is -0.444 e. The van der Waals surface area contributed by atoms with Gasteiger partial charge in [-0.3, -0.25) is 9.59 Å². The van der Waals surface area contributed by atoms with Crippen molar-refractivity contribution in [3.05, 3.63) is 35.4 Å². The molecule has 29 heavy (non-hydrogen) atoms. The van der Waals surface area contributed by atoms with Crippen molar-refractivity contribution in [1.29, 1.82) is 0 Å². The fourth-order valence-corrected chi connectivity index (χ4v) is 2.56. The molecule has 0 aliphatic heterocycles. The normalized spacial score (nSPS) is 12.3. The van der Waals surface area contributed by atoms with E-state index in [0.29, 0.717) is 11.1 Å². The van der Waals surface area contributed by atoms with Crippen molar-refractivity contribution in [3.63, 3.8) is 0 Å². The molecule has 7 heteroatoms. The predicted octanol–water partition coefficient (Wildman–Crippen LogP) is 2.61. The van der Waals surface area contributed by atoms with Crippen molar-refractivity contribution >= 4 is 17.9 Å². The number of ether oxygens (including phenoxy) is 1. The van der Waals surface area contributed by atoms with Crippen molar-refractivity contribution in [1.82, 2.24) is 15.5 Å². The summed E-state index contributed by atoms with van der Waals surface area (Å²) in [4.78, 5) is 38.8. The lowest BCUT2D eigenvalue weighted by Gasteiger charge is -2.31. The number of amides is 3. The first-order chi connectivity index (χ1) is 13.2. The van der Waals surface area contributed by atoms with Crippen LogP contribution in [0.4, 0.5) is 4.79 Å². The first-order valence-electron chi connectivity index (χ1n) is 9.35. The lowest BCUT2D eigenvalue weighted by atomic mass is 9.97. The molecule has 0 spiro atoms. The number of hydrogen-bond acceptors (Lipinski definition) is 4. The Hall–Kier alpha value is -3.01. The molecular weight excluding hydrogens is 370 g/mol. The highest BCUT2D eigenvalue weighted by molar-refractivity contribution is 5.91. The van der Waals surface area contributed by atoms with Gasteiger partial charge in [-0.15, -0.1) is 6.42 Å². The van der Waals surface area contributed by atoms with E-state index in [9.17, 15) is 14.4 Å². The first-order valence-corrected chi connectivity index (χ1v) is 9.35. The van der Waals surface area contributed by atoms with Crippen LogP contribution in [-0.4, -0.2) is 47.5 Å². The summed E-state index contributed by atoms with van der Waals surface area (Å²) in [5, 5.41) is 5.30. The predicted molar refractivity (Wildman–Crippen MR) is 112 cm³/mol. The van der Waals surface area contributed by atoms with Gasteiger partial charge in [0.05, 0.1) is 0 Å². The van der Waals surface area contributed by atoms with Gasteiger partial charge in [-0.25, -0.2) is 4.79 Å². The number of likely N-dealkylation sites (N-methyl/N-ethyl adjacent to an activating group) is 1. The van der Waals surface area contributed by atoms with Crippen LogP contribution < -0.4 is 10.6 Å². The topological polar surface area (TPSA) is 87.7 Å². The monoisotopic (exact) mass is 401 g/mol. The maximum atomic E-state index is 13.0. The van der Waals surface area contributed by atoms with E-state index in [1.165, 1.54) is 11.9 Å². The molecule has 0 aliphatic rings. The van der Waals surface area contributed by atoms with Gasteiger partial charge in [-0.05, 0) is 53.2 Å². The van der Waals surface area contributed by atoms with Gasteiger partial charge >= 0.3 is 6.09 Å². The second kappa shape index (κ2) is 9.46. The Morgan fingerprint density at radius 2 is 1.72 bits per heavy atom. The van der Waals surface area contributed by atoms with Gasteiger partial charge in [0.2, 0.25) is 11.8 Å². The summed E-state index contributed by atoms with van der Waals surface area (Å²) >= 11 is 0. The lowest BCUT2D eigenvalue weighted by molar-refractivity contribution is -0.139. The molecule has 3 amide bonds. The Morgan fingerprint density at radius 1 is 1.14 bits per heavy atom. The molecule has 0 saturated heterocycles. The van der Waals surface area contributed by atoms with E-state index in [2.05, 4.69) is 16.6 Å². The lowest BCUT2D eigenvalue weighted by Crippen LogP contribution is -2.50. The molecule has 0 aromatic heterocycles. The number of benzene rings is 1. The van der Waals surface area contributed by atoms with Gasteiger partial charge < -0.3 is 20.3 Å². The fourth-order valence-electron chi connectivity index (χ4n) is 2.56. The minimum atomic E-state index is -0.950. The Balaban J connectivity index is 3.09. The molecule has 0 saturated carbocycles. The summed E-state index contributed by atoms with van der Waals surface area (Å²) in [6, 6.07) is 6.00. The second-order valence-electron chi connectivity index (χ2n) is 8.73. The summed E-state index contributed by atoms with van der Waals surface area (Å²) < 4.78 is 5.14. The number of carbonyl (C=O) groups excluding carboxylic acids is 3. The smallest absolute Gasteiger partial charge is 0.408 e. The largest absolute Gasteiger partial charge is 0.444 e. The number of nitrogens with one attached hydrogen (secondary N) is 2. The molecule has 1 rings (SSSR count). The number of terminal acetylenes is 1. The third-order valence-electron chi connectivity index (χ3n) is 3.72. The highest BCUT2D eigenvalue weighted by Gasteiger charge is 2.32. The van der Waals surface area contributed by atoms with Gasteiger partial charge in [-0.1, -0.05) is 24.1 Å². The van der Waals surface area contributed by atoms with Crippen LogP contribution in [0.2, 0.25) is 0 Å². The van der Waals surface area contributed by atoms with Crippen LogP contribution in [-0.2, 0) is 14.3 Å². The van der Waals surface area contributed by atoms with Gasteiger partial charge in [0.1, 0.15) is 18.2 Å². The first kappa shape index (κ1) is 24.0. The van der Waals surface area contributed by atoms with Gasteiger partial charge in [-0.2, -0.15) is 0 Å². The minimum absolute atomic E-state index is 0.317. The van der Waals surface area contributed by atoms with Crippen LogP contribution in [0, 0.1) is 12.3 Å². The number of nitrogens with zero attached hydrogens (tertiary/aromatic N) is 1. The quantitative estimate of drug-likeness (QED) is 0.743. The molecule has 1 atom stereocenters. The van der Waals surface area contributed by atoms with E-state index in [1.54, 1.807) is 45.0 Å². The van der Waals surface area contributed by atoms with Gasteiger partial charge in [0.25, 0.3) is 0 Å². The molecule has 0 fully saturated rings. The van der Waals surface area contributed by atoms with Crippen molar-refractivity contribution in [3.8, 4) is 12.3 Å². The molecule has 0 heterocycles. The maximum Gasteiger partial charge on any atom is 0.408 e. The molecule has 1 unspecified atom stereocenters. The van der Waals surface area contributed by atoms with Crippen LogP contribution in [0.25, 0.3) is 0 Å². The Morgan fingerprint density at radius 3 is 2.24 bits per heavy atom. The van der Waals surface area contributed by atoms with Crippen molar-refractivity contribution in [2.45, 2.75) is 58.7 Å². The zero-order valence-electron chi connectivity index (χ0n) is 18.3. The number of alkyl carbamates (subject to hydrolysis) is 1. The van der Waals surface area contributed by atoms with E-state index < -0.39 is 29.2 Å². The highest BCUT2D eigenvalue weighted by Crippen LogP contribution is 2.24. The molecule has 1 aromatic carbocycles. The zero-order chi connectivity index (χ0) is 22.4. The summed E-state index contributed by atoms with van der Waals surface area (Å²) in [6.07, 6.45) is 4.88.